The molecule has 62 valence electrons. The van der Waals surface area contributed by atoms with Gasteiger partial charge in [0.1, 0.15) is 0 Å². The van der Waals surface area contributed by atoms with E-state index < -0.39 is 0 Å². The average Bonchev–Trinajstić information content (AvgIpc) is 2.33. The van der Waals surface area contributed by atoms with Crippen LogP contribution in [0.2, 0.25) is 0 Å². The summed E-state index contributed by atoms with van der Waals surface area (Å²) in [6, 6.07) is 3.99. The summed E-state index contributed by atoms with van der Waals surface area (Å²) in [4.78, 5) is 3.23. The van der Waals surface area contributed by atoms with E-state index in [1.165, 1.54) is 22.0 Å². The first-order valence-electron chi connectivity index (χ1n) is 4.02. The lowest BCUT2D eigenvalue weighted by Crippen LogP contribution is -1.86. The van der Waals surface area contributed by atoms with E-state index in [-0.39, 0.29) is 0 Å². The number of nitrogen functional groups attached to an aromatic ring is 1. The fraction of sp³-hybridized carbons (Fsp3) is 0.200. The van der Waals surface area contributed by atoms with Gasteiger partial charge in [0.2, 0.25) is 0 Å². The third-order valence-electron chi connectivity index (χ3n) is 2.22. The van der Waals surface area contributed by atoms with Crippen molar-refractivity contribution in [3.8, 4) is 0 Å². The Kier molecular flexibility index (Phi) is 1.37. The molecule has 2 heteroatoms. The molecular formula is C10H12N2. The molecule has 0 saturated heterocycles. The van der Waals surface area contributed by atoms with Crippen molar-refractivity contribution in [1.82, 2.24) is 4.98 Å². The zero-order valence-corrected chi connectivity index (χ0v) is 7.31. The maximum absolute atomic E-state index is 5.74. The number of benzene rings is 1. The van der Waals surface area contributed by atoms with Crippen molar-refractivity contribution in [3.05, 3.63) is 29.5 Å². The van der Waals surface area contributed by atoms with Crippen LogP contribution in [0.1, 0.15) is 11.1 Å². The number of aromatic nitrogens is 1. The summed E-state index contributed by atoms with van der Waals surface area (Å²) >= 11 is 0. The molecule has 1 heterocycles. The number of fused-ring (bicyclic) bond motifs is 1. The quantitative estimate of drug-likeness (QED) is 0.571. The van der Waals surface area contributed by atoms with E-state index >= 15 is 0 Å². The average molecular weight is 160 g/mol. The Morgan fingerprint density at radius 2 is 1.92 bits per heavy atom. The van der Waals surface area contributed by atoms with Crippen LogP contribution in [0.5, 0.6) is 0 Å². The lowest BCUT2D eigenvalue weighted by Gasteiger charge is -1.99. The van der Waals surface area contributed by atoms with Crippen molar-refractivity contribution in [3.63, 3.8) is 0 Å². The summed E-state index contributed by atoms with van der Waals surface area (Å²) in [5, 5.41) is 1.23. The molecule has 0 bridgehead atoms. The van der Waals surface area contributed by atoms with Crippen LogP contribution in [-0.4, -0.2) is 4.98 Å². The number of hydrogen-bond acceptors (Lipinski definition) is 1. The molecular weight excluding hydrogens is 148 g/mol. The number of nitrogens with one attached hydrogen (secondary N) is 1. The summed E-state index contributed by atoms with van der Waals surface area (Å²) in [6.07, 6.45) is 2.01. The topological polar surface area (TPSA) is 41.8 Å². The van der Waals surface area contributed by atoms with Gasteiger partial charge in [0, 0.05) is 22.8 Å². The largest absolute Gasteiger partial charge is 0.399 e. The first kappa shape index (κ1) is 7.22. The monoisotopic (exact) mass is 160 g/mol. The number of aryl methyl sites for hydroxylation is 2. The zero-order valence-electron chi connectivity index (χ0n) is 7.31. The Balaban J connectivity index is 2.92. The van der Waals surface area contributed by atoms with Gasteiger partial charge in [-0.05, 0) is 37.1 Å². The molecule has 1 aromatic heterocycles. The van der Waals surface area contributed by atoms with E-state index in [1.807, 2.05) is 18.3 Å². The van der Waals surface area contributed by atoms with E-state index in [0.29, 0.717) is 0 Å². The summed E-state index contributed by atoms with van der Waals surface area (Å²) in [5.74, 6) is 0. The maximum Gasteiger partial charge on any atom is 0.0487 e. The van der Waals surface area contributed by atoms with Crippen molar-refractivity contribution in [2.75, 3.05) is 5.73 Å². The van der Waals surface area contributed by atoms with E-state index in [4.69, 9.17) is 5.73 Å². The standard InChI is InChI=1S/C10H12N2/c1-6-3-8(11)4-9-7(2)5-12-10(6)9/h3-5,12H,11H2,1-2H3. The van der Waals surface area contributed by atoms with Gasteiger partial charge in [-0.2, -0.15) is 0 Å². The highest BCUT2D eigenvalue weighted by molar-refractivity contribution is 5.88. The molecule has 2 rings (SSSR count). The second-order valence-corrected chi connectivity index (χ2v) is 3.23. The third-order valence-corrected chi connectivity index (χ3v) is 2.22. The summed E-state index contributed by atoms with van der Waals surface area (Å²) in [5.41, 5.74) is 10.2. The van der Waals surface area contributed by atoms with Crippen LogP contribution >= 0.6 is 0 Å². The molecule has 0 spiro atoms. The van der Waals surface area contributed by atoms with E-state index in [1.54, 1.807) is 0 Å². The van der Waals surface area contributed by atoms with Crippen LogP contribution < -0.4 is 5.73 Å². The molecule has 0 fully saturated rings. The van der Waals surface area contributed by atoms with Crippen molar-refractivity contribution in [2.45, 2.75) is 13.8 Å². The Hall–Kier alpha value is -1.44. The van der Waals surface area contributed by atoms with Gasteiger partial charge in [-0.3, -0.25) is 0 Å². The van der Waals surface area contributed by atoms with E-state index in [0.717, 1.165) is 5.69 Å². The molecule has 0 aliphatic heterocycles. The van der Waals surface area contributed by atoms with Crippen molar-refractivity contribution >= 4 is 16.6 Å². The van der Waals surface area contributed by atoms with Crippen LogP contribution in [-0.2, 0) is 0 Å². The molecule has 0 aliphatic carbocycles. The van der Waals surface area contributed by atoms with Gasteiger partial charge in [0.25, 0.3) is 0 Å². The Morgan fingerprint density at radius 3 is 2.67 bits per heavy atom. The molecule has 2 aromatic rings. The number of nitrogens with two attached hydrogens (primary N) is 1. The van der Waals surface area contributed by atoms with E-state index in [9.17, 15) is 0 Å². The number of H-pyrrole nitrogens is 1. The van der Waals surface area contributed by atoms with Gasteiger partial charge in [0.05, 0.1) is 0 Å². The van der Waals surface area contributed by atoms with Gasteiger partial charge in [-0.25, -0.2) is 0 Å². The molecule has 0 unspecified atom stereocenters. The fourth-order valence-corrected chi connectivity index (χ4v) is 1.58. The van der Waals surface area contributed by atoms with Gasteiger partial charge in [-0.15, -0.1) is 0 Å². The van der Waals surface area contributed by atoms with Crippen LogP contribution in [0.3, 0.4) is 0 Å². The Bertz CT molecular complexity index is 427. The minimum atomic E-state index is 0.836. The van der Waals surface area contributed by atoms with Crippen molar-refractivity contribution in [1.29, 1.82) is 0 Å². The number of rotatable bonds is 0. The summed E-state index contributed by atoms with van der Waals surface area (Å²) < 4.78 is 0. The molecule has 0 aliphatic rings. The molecule has 12 heavy (non-hydrogen) atoms. The lowest BCUT2D eigenvalue weighted by molar-refractivity contribution is 1.40. The number of anilines is 1. The smallest absolute Gasteiger partial charge is 0.0487 e. The molecule has 0 atom stereocenters. The van der Waals surface area contributed by atoms with Crippen LogP contribution in [0.25, 0.3) is 10.9 Å². The number of hydrogen-bond donors (Lipinski definition) is 2. The third kappa shape index (κ3) is 0.881. The van der Waals surface area contributed by atoms with Crippen molar-refractivity contribution in [2.24, 2.45) is 0 Å². The molecule has 3 N–H and O–H groups in total. The molecule has 0 amide bonds. The molecule has 0 radical (unpaired) electrons. The fourth-order valence-electron chi connectivity index (χ4n) is 1.58. The first-order chi connectivity index (χ1) is 5.68. The van der Waals surface area contributed by atoms with Crippen molar-refractivity contribution < 1.29 is 0 Å². The highest BCUT2D eigenvalue weighted by Gasteiger charge is 2.02. The van der Waals surface area contributed by atoms with Crippen LogP contribution in [0, 0.1) is 13.8 Å². The molecule has 1 aromatic carbocycles. The van der Waals surface area contributed by atoms with E-state index in [2.05, 4.69) is 18.8 Å². The maximum atomic E-state index is 5.74. The second kappa shape index (κ2) is 2.27. The van der Waals surface area contributed by atoms with Gasteiger partial charge in [-0.1, -0.05) is 0 Å². The molecule has 2 nitrogen and oxygen atoms in total. The highest BCUT2D eigenvalue weighted by atomic mass is 14.7. The number of aromatic amines is 1. The minimum Gasteiger partial charge on any atom is -0.399 e. The van der Waals surface area contributed by atoms with Gasteiger partial charge >= 0.3 is 0 Å². The Labute approximate surface area is 71.4 Å². The van der Waals surface area contributed by atoms with Gasteiger partial charge < -0.3 is 10.7 Å². The zero-order chi connectivity index (χ0) is 8.72. The lowest BCUT2D eigenvalue weighted by atomic mass is 10.1. The second-order valence-electron chi connectivity index (χ2n) is 3.23. The van der Waals surface area contributed by atoms with Crippen LogP contribution in [0.15, 0.2) is 18.3 Å². The summed E-state index contributed by atoms with van der Waals surface area (Å²) in [6.45, 7) is 4.15. The predicted molar refractivity (Wildman–Crippen MR) is 52.2 cm³/mol. The SMILES string of the molecule is Cc1c[nH]c2c(C)cc(N)cc12. The summed E-state index contributed by atoms with van der Waals surface area (Å²) in [7, 11) is 0. The normalized spacial score (nSPS) is 10.8. The predicted octanol–water partition coefficient (Wildman–Crippen LogP) is 2.37. The Morgan fingerprint density at radius 1 is 1.17 bits per heavy atom. The highest BCUT2D eigenvalue weighted by Crippen LogP contribution is 2.23. The van der Waals surface area contributed by atoms with Crippen LogP contribution in [0.4, 0.5) is 5.69 Å². The molecule has 0 saturated carbocycles. The first-order valence-corrected chi connectivity index (χ1v) is 4.02. The minimum absolute atomic E-state index is 0.836. The van der Waals surface area contributed by atoms with Gasteiger partial charge in [0.15, 0.2) is 0 Å².